The Labute approximate surface area is 167 Å². The van der Waals surface area contributed by atoms with Crippen molar-refractivity contribution in [2.45, 2.75) is 0 Å². The van der Waals surface area contributed by atoms with Gasteiger partial charge in [0.05, 0.1) is 19.2 Å². The Bertz CT molecular complexity index is 898. The fourth-order valence-electron chi connectivity index (χ4n) is 3.14. The molecule has 0 saturated carbocycles. The van der Waals surface area contributed by atoms with Gasteiger partial charge >= 0.3 is 0 Å². The number of amides is 2. The fraction of sp³-hybridized carbons (Fsp3) is 0.300. The largest absolute Gasteiger partial charge is 0.493 e. The third-order valence-electron chi connectivity index (χ3n) is 4.61. The van der Waals surface area contributed by atoms with Gasteiger partial charge in [0, 0.05) is 37.3 Å². The normalized spacial score (nSPS) is 14.0. The maximum atomic E-state index is 13.3. The van der Waals surface area contributed by atoms with Gasteiger partial charge in [-0.05, 0) is 30.3 Å². The zero-order valence-electron chi connectivity index (χ0n) is 15.6. The van der Waals surface area contributed by atoms with Crippen molar-refractivity contribution < 1.29 is 23.5 Å². The predicted molar refractivity (Wildman–Crippen MR) is 103 cm³/mol. The van der Waals surface area contributed by atoms with Crippen LogP contribution in [0.15, 0.2) is 36.4 Å². The molecule has 2 aromatic rings. The van der Waals surface area contributed by atoms with Gasteiger partial charge < -0.3 is 19.3 Å². The highest BCUT2D eigenvalue weighted by atomic mass is 35.5. The summed E-state index contributed by atoms with van der Waals surface area (Å²) in [5.74, 6) is -0.170. The number of carbonyl (C=O) groups excluding carboxylic acids is 2. The van der Waals surface area contributed by atoms with Crippen LogP contribution in [-0.2, 0) is 0 Å². The maximum absolute atomic E-state index is 13.3. The first kappa shape index (κ1) is 19.9. The molecule has 2 amide bonds. The molecule has 0 radical (unpaired) electrons. The van der Waals surface area contributed by atoms with Crippen molar-refractivity contribution in [3.05, 3.63) is 58.4 Å². The molecule has 3 rings (SSSR count). The first-order valence-corrected chi connectivity index (χ1v) is 9.08. The molecule has 0 spiro atoms. The molecule has 0 atom stereocenters. The minimum atomic E-state index is -0.454. The molecule has 0 bridgehead atoms. The molecular weight excluding hydrogens is 387 g/mol. The van der Waals surface area contributed by atoms with Crippen molar-refractivity contribution in [3.63, 3.8) is 0 Å². The second kappa shape index (κ2) is 8.48. The summed E-state index contributed by atoms with van der Waals surface area (Å²) in [6.45, 7) is 1.46. The Kier molecular flexibility index (Phi) is 6.04. The Balaban J connectivity index is 1.69. The van der Waals surface area contributed by atoms with E-state index in [-0.39, 0.29) is 16.8 Å². The summed E-state index contributed by atoms with van der Waals surface area (Å²) in [6, 6.07) is 8.71. The fourth-order valence-corrected chi connectivity index (χ4v) is 3.43. The third kappa shape index (κ3) is 4.04. The zero-order chi connectivity index (χ0) is 20.3. The lowest BCUT2D eigenvalue weighted by Gasteiger charge is -2.35. The SMILES string of the molecule is COc1cc(C(=O)N2CCN(C(=O)c3cccc(F)c3)CC2)cc(Cl)c1OC. The van der Waals surface area contributed by atoms with Crippen LogP contribution in [-0.4, -0.2) is 62.0 Å². The van der Waals surface area contributed by atoms with E-state index >= 15 is 0 Å². The number of hydrogen-bond donors (Lipinski definition) is 0. The van der Waals surface area contributed by atoms with E-state index in [1.165, 1.54) is 38.5 Å². The van der Waals surface area contributed by atoms with Gasteiger partial charge in [-0.25, -0.2) is 4.39 Å². The maximum Gasteiger partial charge on any atom is 0.254 e. The van der Waals surface area contributed by atoms with Gasteiger partial charge in [-0.2, -0.15) is 0 Å². The lowest BCUT2D eigenvalue weighted by atomic mass is 10.1. The van der Waals surface area contributed by atoms with Gasteiger partial charge in [0.2, 0.25) is 0 Å². The van der Waals surface area contributed by atoms with Crippen LogP contribution in [0.1, 0.15) is 20.7 Å². The molecule has 0 unspecified atom stereocenters. The van der Waals surface area contributed by atoms with Crippen molar-refractivity contribution in [1.29, 1.82) is 0 Å². The van der Waals surface area contributed by atoms with Crippen LogP contribution in [0.2, 0.25) is 5.02 Å². The Morgan fingerprint density at radius 1 is 0.929 bits per heavy atom. The van der Waals surface area contributed by atoms with E-state index in [1.807, 2.05) is 0 Å². The van der Waals surface area contributed by atoms with Gasteiger partial charge in [-0.1, -0.05) is 17.7 Å². The summed E-state index contributed by atoms with van der Waals surface area (Å²) in [5, 5.41) is 0.283. The molecule has 0 N–H and O–H groups in total. The Hall–Kier alpha value is -2.80. The molecule has 148 valence electrons. The molecule has 28 heavy (non-hydrogen) atoms. The average molecular weight is 407 g/mol. The molecule has 1 heterocycles. The number of benzene rings is 2. The minimum Gasteiger partial charge on any atom is -0.493 e. The standard InChI is InChI=1S/C20H20ClFN2O4/c1-27-17-12-14(11-16(21)18(17)28-2)20(26)24-8-6-23(7-9-24)19(25)13-4-3-5-15(22)10-13/h3-5,10-12H,6-9H2,1-2H3. The topological polar surface area (TPSA) is 59.1 Å². The van der Waals surface area contributed by atoms with Gasteiger partial charge in [-0.15, -0.1) is 0 Å². The van der Waals surface area contributed by atoms with E-state index in [0.717, 1.165) is 0 Å². The molecule has 1 aliphatic heterocycles. The number of nitrogens with zero attached hydrogens (tertiary/aromatic N) is 2. The molecular formula is C20H20ClFN2O4. The number of carbonyl (C=O) groups is 2. The second-order valence-corrected chi connectivity index (χ2v) is 6.70. The summed E-state index contributed by atoms with van der Waals surface area (Å²) in [4.78, 5) is 28.6. The van der Waals surface area contributed by atoms with Crippen molar-refractivity contribution >= 4 is 23.4 Å². The number of methoxy groups -OCH3 is 2. The predicted octanol–water partition coefficient (Wildman–Crippen LogP) is 3.09. The number of piperazine rings is 1. The summed E-state index contributed by atoms with van der Waals surface area (Å²) in [6.07, 6.45) is 0. The smallest absolute Gasteiger partial charge is 0.254 e. The molecule has 0 aromatic heterocycles. The number of ether oxygens (including phenoxy) is 2. The number of rotatable bonds is 4. The second-order valence-electron chi connectivity index (χ2n) is 6.29. The lowest BCUT2D eigenvalue weighted by molar-refractivity contribution is 0.0535. The van der Waals surface area contributed by atoms with Crippen LogP contribution in [0, 0.1) is 5.82 Å². The monoisotopic (exact) mass is 406 g/mol. The first-order valence-electron chi connectivity index (χ1n) is 8.70. The van der Waals surface area contributed by atoms with Gasteiger partial charge in [0.25, 0.3) is 11.8 Å². The van der Waals surface area contributed by atoms with Gasteiger partial charge in [-0.3, -0.25) is 9.59 Å². The summed E-state index contributed by atoms with van der Waals surface area (Å²) in [7, 11) is 2.94. The van der Waals surface area contributed by atoms with E-state index in [4.69, 9.17) is 21.1 Å². The number of hydrogen-bond acceptors (Lipinski definition) is 4. The van der Waals surface area contributed by atoms with E-state index in [9.17, 15) is 14.0 Å². The van der Waals surface area contributed by atoms with Crippen LogP contribution in [0.3, 0.4) is 0 Å². The lowest BCUT2D eigenvalue weighted by Crippen LogP contribution is -2.50. The quantitative estimate of drug-likeness (QED) is 0.783. The first-order chi connectivity index (χ1) is 13.4. The van der Waals surface area contributed by atoms with E-state index in [0.29, 0.717) is 48.8 Å². The van der Waals surface area contributed by atoms with Crippen molar-refractivity contribution in [2.75, 3.05) is 40.4 Å². The average Bonchev–Trinajstić information content (AvgIpc) is 2.72. The van der Waals surface area contributed by atoms with Gasteiger partial charge in [0.15, 0.2) is 11.5 Å². The van der Waals surface area contributed by atoms with Crippen molar-refractivity contribution in [3.8, 4) is 11.5 Å². The molecule has 1 aliphatic rings. The molecule has 8 heteroatoms. The van der Waals surface area contributed by atoms with Crippen molar-refractivity contribution in [2.24, 2.45) is 0 Å². The van der Waals surface area contributed by atoms with Gasteiger partial charge in [0.1, 0.15) is 5.82 Å². The Morgan fingerprint density at radius 2 is 1.54 bits per heavy atom. The van der Waals surface area contributed by atoms with E-state index in [1.54, 1.807) is 21.9 Å². The summed E-state index contributed by atoms with van der Waals surface area (Å²) in [5.41, 5.74) is 0.680. The highest BCUT2D eigenvalue weighted by Gasteiger charge is 2.26. The highest BCUT2D eigenvalue weighted by Crippen LogP contribution is 2.36. The van der Waals surface area contributed by atoms with Crippen molar-refractivity contribution in [1.82, 2.24) is 9.80 Å². The van der Waals surface area contributed by atoms with Crippen LogP contribution >= 0.6 is 11.6 Å². The Morgan fingerprint density at radius 3 is 2.07 bits per heavy atom. The van der Waals surface area contributed by atoms with Crippen LogP contribution in [0.5, 0.6) is 11.5 Å². The molecule has 1 saturated heterocycles. The van der Waals surface area contributed by atoms with Crippen LogP contribution in [0.25, 0.3) is 0 Å². The molecule has 0 aliphatic carbocycles. The highest BCUT2D eigenvalue weighted by molar-refractivity contribution is 6.32. The minimum absolute atomic E-state index is 0.208. The van der Waals surface area contributed by atoms with E-state index in [2.05, 4.69) is 0 Å². The molecule has 6 nitrogen and oxygen atoms in total. The number of halogens is 2. The summed E-state index contributed by atoms with van der Waals surface area (Å²) < 4.78 is 23.8. The molecule has 2 aromatic carbocycles. The third-order valence-corrected chi connectivity index (χ3v) is 4.89. The molecule has 1 fully saturated rings. The van der Waals surface area contributed by atoms with E-state index < -0.39 is 5.82 Å². The zero-order valence-corrected chi connectivity index (χ0v) is 16.3. The van der Waals surface area contributed by atoms with Crippen LogP contribution in [0.4, 0.5) is 4.39 Å². The van der Waals surface area contributed by atoms with Crippen LogP contribution < -0.4 is 9.47 Å². The summed E-state index contributed by atoms with van der Waals surface area (Å²) >= 11 is 6.18.